The Balaban J connectivity index is 1.56. The van der Waals surface area contributed by atoms with E-state index >= 15 is 0 Å². The van der Waals surface area contributed by atoms with Gasteiger partial charge in [0.1, 0.15) is 4.34 Å². The number of fused-ring (bicyclic) bond motifs is 1. The van der Waals surface area contributed by atoms with Gasteiger partial charge in [-0.2, -0.15) is 0 Å². The van der Waals surface area contributed by atoms with Crippen molar-refractivity contribution in [1.29, 1.82) is 0 Å². The number of aromatic nitrogens is 1. The van der Waals surface area contributed by atoms with Gasteiger partial charge in [-0.15, -0.1) is 11.3 Å². The number of nitrogens with zero attached hydrogens (tertiary/aromatic N) is 3. The average molecular weight is 347 g/mol. The highest BCUT2D eigenvalue weighted by atomic mass is 32.2. The third kappa shape index (κ3) is 4.26. The molecule has 0 fully saturated rings. The van der Waals surface area contributed by atoms with Crippen molar-refractivity contribution in [3.63, 3.8) is 0 Å². The molecule has 122 valence electrons. The van der Waals surface area contributed by atoms with Crippen LogP contribution in [0.5, 0.6) is 0 Å². The fraction of sp³-hybridized carbons (Fsp3) is 0.412. The monoisotopic (exact) mass is 346 g/mol. The van der Waals surface area contributed by atoms with Crippen molar-refractivity contribution in [2.45, 2.75) is 24.1 Å². The van der Waals surface area contributed by atoms with Gasteiger partial charge in [0.05, 0.1) is 0 Å². The van der Waals surface area contributed by atoms with E-state index in [9.17, 15) is 0 Å². The molecule has 0 atom stereocenters. The van der Waals surface area contributed by atoms with E-state index in [1.165, 1.54) is 11.3 Å². The van der Waals surface area contributed by atoms with Crippen molar-refractivity contribution in [3.8, 4) is 0 Å². The molecule has 0 unspecified atom stereocenters. The maximum absolute atomic E-state index is 4.81. The van der Waals surface area contributed by atoms with Crippen LogP contribution in [0.2, 0.25) is 0 Å². The van der Waals surface area contributed by atoms with Crippen LogP contribution in [0.1, 0.15) is 18.9 Å². The van der Waals surface area contributed by atoms with Crippen LogP contribution in [-0.4, -0.2) is 36.3 Å². The van der Waals surface area contributed by atoms with Crippen molar-refractivity contribution in [2.24, 2.45) is 4.99 Å². The normalized spacial score (nSPS) is 14.1. The minimum absolute atomic E-state index is 0.847. The Bertz CT molecular complexity index is 640. The predicted octanol–water partition coefficient (Wildman–Crippen LogP) is 3.65. The molecule has 2 heterocycles. The van der Waals surface area contributed by atoms with Crippen LogP contribution >= 0.6 is 23.1 Å². The number of aliphatic imine (C=N–C) groups is 1. The summed E-state index contributed by atoms with van der Waals surface area (Å²) in [6.45, 7) is 4.87. The van der Waals surface area contributed by atoms with Crippen LogP contribution in [0.15, 0.2) is 45.2 Å². The summed E-state index contributed by atoms with van der Waals surface area (Å²) in [5.74, 6) is 2.07. The lowest BCUT2D eigenvalue weighted by atomic mass is 10.2. The van der Waals surface area contributed by atoms with Crippen LogP contribution in [0, 0.1) is 0 Å². The van der Waals surface area contributed by atoms with Crippen LogP contribution in [0.4, 0.5) is 5.69 Å². The molecule has 0 saturated heterocycles. The molecule has 1 aliphatic heterocycles. The topological polar surface area (TPSA) is 40.5 Å². The van der Waals surface area contributed by atoms with E-state index in [-0.39, 0.29) is 0 Å². The Morgan fingerprint density at radius 2 is 2.35 bits per heavy atom. The zero-order valence-electron chi connectivity index (χ0n) is 13.4. The molecule has 0 bridgehead atoms. The van der Waals surface area contributed by atoms with Crippen molar-refractivity contribution >= 4 is 34.7 Å². The number of guanidine groups is 1. The molecule has 4 nitrogen and oxygen atoms in total. The van der Waals surface area contributed by atoms with E-state index < -0.39 is 0 Å². The smallest absolute Gasteiger partial charge is 0.198 e. The molecule has 0 radical (unpaired) electrons. The van der Waals surface area contributed by atoms with Gasteiger partial charge in [-0.25, -0.2) is 4.98 Å². The Labute approximate surface area is 146 Å². The number of benzene rings is 1. The highest BCUT2D eigenvalue weighted by Crippen LogP contribution is 2.27. The largest absolute Gasteiger partial charge is 0.356 e. The number of hydrogen-bond donors (Lipinski definition) is 1. The second kappa shape index (κ2) is 8.36. The van der Waals surface area contributed by atoms with Gasteiger partial charge < -0.3 is 10.2 Å². The van der Waals surface area contributed by atoms with Crippen molar-refractivity contribution < 1.29 is 0 Å². The molecule has 3 rings (SSSR count). The summed E-state index contributed by atoms with van der Waals surface area (Å²) in [6.07, 6.45) is 4.02. The zero-order valence-corrected chi connectivity index (χ0v) is 15.0. The van der Waals surface area contributed by atoms with Crippen molar-refractivity contribution in [3.05, 3.63) is 41.4 Å². The molecule has 23 heavy (non-hydrogen) atoms. The summed E-state index contributed by atoms with van der Waals surface area (Å²) in [5.41, 5.74) is 2.71. The molecule has 0 aliphatic carbocycles. The van der Waals surface area contributed by atoms with Gasteiger partial charge in [0.2, 0.25) is 0 Å². The van der Waals surface area contributed by atoms with Crippen LogP contribution < -0.4 is 10.2 Å². The van der Waals surface area contributed by atoms with Gasteiger partial charge in [0.15, 0.2) is 5.96 Å². The lowest BCUT2D eigenvalue weighted by molar-refractivity contribution is 0.864. The maximum Gasteiger partial charge on any atom is 0.198 e. The summed E-state index contributed by atoms with van der Waals surface area (Å²) < 4.78 is 1.15. The SMILES string of the molecule is CCNC(=NCCCSc1nccs1)N1CCc2ccccc21. The number of rotatable bonds is 6. The number of thiazole rings is 1. The Kier molecular flexibility index (Phi) is 5.93. The van der Waals surface area contributed by atoms with Crippen LogP contribution in [0.3, 0.4) is 0 Å². The first-order chi connectivity index (χ1) is 11.4. The van der Waals surface area contributed by atoms with Crippen LogP contribution in [0.25, 0.3) is 0 Å². The zero-order chi connectivity index (χ0) is 15.9. The second-order valence-electron chi connectivity index (χ2n) is 5.27. The highest BCUT2D eigenvalue weighted by Gasteiger charge is 2.22. The van der Waals surface area contributed by atoms with Gasteiger partial charge in [0, 0.05) is 42.7 Å². The number of nitrogens with one attached hydrogen (secondary N) is 1. The highest BCUT2D eigenvalue weighted by molar-refractivity contribution is 8.00. The lowest BCUT2D eigenvalue weighted by Crippen LogP contribution is -2.40. The van der Waals surface area contributed by atoms with E-state index in [4.69, 9.17) is 4.99 Å². The van der Waals surface area contributed by atoms with E-state index in [0.717, 1.165) is 48.5 Å². The fourth-order valence-electron chi connectivity index (χ4n) is 2.64. The Hall–Kier alpha value is -1.53. The number of para-hydroxylation sites is 1. The molecule has 1 aromatic heterocycles. The first kappa shape index (κ1) is 16.3. The van der Waals surface area contributed by atoms with Gasteiger partial charge in [-0.3, -0.25) is 4.99 Å². The molecule has 0 saturated carbocycles. The summed E-state index contributed by atoms with van der Waals surface area (Å²) in [6, 6.07) is 8.62. The number of hydrogen-bond acceptors (Lipinski definition) is 4. The first-order valence-electron chi connectivity index (χ1n) is 8.04. The second-order valence-corrected chi connectivity index (χ2v) is 7.50. The fourth-order valence-corrected chi connectivity index (χ4v) is 4.28. The molecule has 0 spiro atoms. The van der Waals surface area contributed by atoms with Gasteiger partial charge in [-0.05, 0) is 31.4 Å². The standard InChI is InChI=1S/C17H22N4S2/c1-2-18-16(19-9-5-12-22-17-20-10-13-23-17)21-11-8-14-6-3-4-7-15(14)21/h3-4,6-7,10,13H,2,5,8-9,11-12H2,1H3,(H,18,19). The lowest BCUT2D eigenvalue weighted by Gasteiger charge is -2.22. The third-order valence-corrected chi connectivity index (χ3v) is 5.73. The van der Waals surface area contributed by atoms with Gasteiger partial charge in [0.25, 0.3) is 0 Å². The van der Waals surface area contributed by atoms with Crippen LogP contribution in [-0.2, 0) is 6.42 Å². The Morgan fingerprint density at radius 3 is 3.17 bits per heavy atom. The van der Waals surface area contributed by atoms with Gasteiger partial charge >= 0.3 is 0 Å². The quantitative estimate of drug-likeness (QED) is 0.375. The molecular formula is C17H22N4S2. The predicted molar refractivity (Wildman–Crippen MR) is 101 cm³/mol. The number of thioether (sulfide) groups is 1. The molecule has 1 aliphatic rings. The molecule has 6 heteroatoms. The molecular weight excluding hydrogens is 324 g/mol. The molecule has 0 amide bonds. The summed E-state index contributed by atoms with van der Waals surface area (Å²) >= 11 is 3.52. The summed E-state index contributed by atoms with van der Waals surface area (Å²) in [7, 11) is 0. The van der Waals surface area contributed by atoms with Crippen molar-refractivity contribution in [1.82, 2.24) is 10.3 Å². The van der Waals surface area contributed by atoms with E-state index in [1.54, 1.807) is 11.3 Å². The summed E-state index contributed by atoms with van der Waals surface area (Å²) in [4.78, 5) is 11.4. The molecule has 1 N–H and O–H groups in total. The number of anilines is 1. The molecule has 2 aromatic rings. The third-order valence-electron chi connectivity index (χ3n) is 3.68. The van der Waals surface area contributed by atoms with E-state index in [1.807, 2.05) is 23.3 Å². The van der Waals surface area contributed by atoms with E-state index in [0.29, 0.717) is 0 Å². The minimum atomic E-state index is 0.847. The molecule has 1 aromatic carbocycles. The first-order valence-corrected chi connectivity index (χ1v) is 9.91. The van der Waals surface area contributed by atoms with E-state index in [2.05, 4.69) is 46.4 Å². The summed E-state index contributed by atoms with van der Waals surface area (Å²) in [5, 5.41) is 5.45. The average Bonchev–Trinajstić information content (AvgIpc) is 3.23. The van der Waals surface area contributed by atoms with Gasteiger partial charge in [-0.1, -0.05) is 30.0 Å². The Morgan fingerprint density at radius 1 is 1.43 bits per heavy atom. The van der Waals surface area contributed by atoms with Crippen molar-refractivity contribution in [2.75, 3.05) is 30.3 Å². The minimum Gasteiger partial charge on any atom is -0.356 e. The maximum atomic E-state index is 4.81.